The number of carboxylic acids is 1. The van der Waals surface area contributed by atoms with Gasteiger partial charge in [-0.05, 0) is 45.9 Å². The lowest BCUT2D eigenvalue weighted by atomic mass is 9.85. The molecule has 2 saturated heterocycles. The van der Waals surface area contributed by atoms with Crippen molar-refractivity contribution in [3.63, 3.8) is 0 Å². The van der Waals surface area contributed by atoms with Crippen LogP contribution in [0.4, 0.5) is 0 Å². The predicted octanol–water partition coefficient (Wildman–Crippen LogP) is 0.0767. The van der Waals surface area contributed by atoms with Gasteiger partial charge in [0.25, 0.3) is 0 Å². The smallest absolute Gasteiger partial charge is 0.305 e. The summed E-state index contributed by atoms with van der Waals surface area (Å²) in [6.07, 6.45) is 2.72. The van der Waals surface area contributed by atoms with Crippen LogP contribution in [0.1, 0.15) is 19.3 Å². The number of likely N-dealkylation sites (tertiary alicyclic amines) is 1. The number of hydrogen-bond acceptors (Lipinski definition) is 4. The van der Waals surface area contributed by atoms with E-state index in [9.17, 15) is 4.79 Å². The van der Waals surface area contributed by atoms with E-state index in [1.165, 1.54) is 25.9 Å². The van der Waals surface area contributed by atoms with Crippen molar-refractivity contribution in [1.82, 2.24) is 15.1 Å². The van der Waals surface area contributed by atoms with Gasteiger partial charge in [-0.1, -0.05) is 0 Å². The van der Waals surface area contributed by atoms with Gasteiger partial charge in [0, 0.05) is 19.6 Å². The Balaban J connectivity index is 1.86. The molecule has 0 aromatic rings. The van der Waals surface area contributed by atoms with E-state index in [-0.39, 0.29) is 12.0 Å². The second-order valence-electron chi connectivity index (χ2n) is 6.03. The maximum atomic E-state index is 11.0. The number of hydrogen-bond donors (Lipinski definition) is 2. The lowest BCUT2D eigenvalue weighted by Gasteiger charge is -2.49. The second-order valence-corrected chi connectivity index (χ2v) is 6.03. The van der Waals surface area contributed by atoms with E-state index in [0.29, 0.717) is 0 Å². The first kappa shape index (κ1) is 13.8. The molecule has 18 heavy (non-hydrogen) atoms. The van der Waals surface area contributed by atoms with Gasteiger partial charge in [-0.15, -0.1) is 0 Å². The topological polar surface area (TPSA) is 55.8 Å². The van der Waals surface area contributed by atoms with Crippen molar-refractivity contribution < 1.29 is 9.90 Å². The van der Waals surface area contributed by atoms with Gasteiger partial charge < -0.3 is 15.3 Å². The van der Waals surface area contributed by atoms with E-state index >= 15 is 0 Å². The van der Waals surface area contributed by atoms with Gasteiger partial charge in [0.2, 0.25) is 0 Å². The average Bonchev–Trinajstić information content (AvgIpc) is 2.26. The van der Waals surface area contributed by atoms with E-state index in [2.05, 4.69) is 29.2 Å². The fraction of sp³-hybridized carbons (Fsp3) is 0.923. The molecule has 0 radical (unpaired) electrons. The molecule has 2 aliphatic heterocycles. The molecule has 2 heterocycles. The van der Waals surface area contributed by atoms with Crippen molar-refractivity contribution in [3.05, 3.63) is 0 Å². The first-order valence-corrected chi connectivity index (χ1v) is 6.84. The number of nitrogens with one attached hydrogen (secondary N) is 1. The van der Waals surface area contributed by atoms with Crippen LogP contribution in [0.5, 0.6) is 0 Å². The van der Waals surface area contributed by atoms with Crippen molar-refractivity contribution in [2.24, 2.45) is 5.92 Å². The summed E-state index contributed by atoms with van der Waals surface area (Å²) in [4.78, 5) is 15.6. The Labute approximate surface area is 109 Å². The van der Waals surface area contributed by atoms with Crippen molar-refractivity contribution >= 4 is 5.97 Å². The molecule has 2 fully saturated rings. The number of carbonyl (C=O) groups is 1. The molecule has 0 amide bonds. The molecule has 0 spiro atoms. The summed E-state index contributed by atoms with van der Waals surface area (Å²) in [6, 6.07) is 0. The quantitative estimate of drug-likeness (QED) is 0.728. The van der Waals surface area contributed by atoms with E-state index in [0.717, 1.165) is 25.6 Å². The summed E-state index contributed by atoms with van der Waals surface area (Å²) in [5, 5.41) is 12.3. The number of piperidine rings is 1. The Bertz CT molecular complexity index is 297. The highest BCUT2D eigenvalue weighted by atomic mass is 16.4. The largest absolute Gasteiger partial charge is 0.481 e. The zero-order valence-corrected chi connectivity index (χ0v) is 11.5. The van der Waals surface area contributed by atoms with Gasteiger partial charge in [-0.25, -0.2) is 0 Å². The van der Waals surface area contributed by atoms with E-state index < -0.39 is 5.97 Å². The molecule has 5 nitrogen and oxygen atoms in total. The molecule has 5 heteroatoms. The average molecular weight is 255 g/mol. The fourth-order valence-corrected chi connectivity index (χ4v) is 3.05. The minimum atomic E-state index is -0.688. The highest BCUT2D eigenvalue weighted by Crippen LogP contribution is 2.26. The maximum Gasteiger partial charge on any atom is 0.305 e. The molecule has 2 rings (SSSR count). The van der Waals surface area contributed by atoms with Crippen LogP contribution in [-0.4, -0.2) is 73.2 Å². The standard InChI is InChI=1S/C13H25N3O2/c1-15-5-3-11(4-6-15)8-16(2)13(7-12(17)18)9-14-10-13/h11,14H,3-10H2,1-2H3,(H,17,18). The first-order chi connectivity index (χ1) is 8.52. The van der Waals surface area contributed by atoms with Crippen LogP contribution in [0.15, 0.2) is 0 Å². The summed E-state index contributed by atoms with van der Waals surface area (Å²) in [6.45, 7) is 4.99. The highest BCUT2D eigenvalue weighted by molar-refractivity contribution is 5.68. The van der Waals surface area contributed by atoms with E-state index in [4.69, 9.17) is 5.11 Å². The lowest BCUT2D eigenvalue weighted by molar-refractivity contribution is -0.141. The molecule has 0 bridgehead atoms. The first-order valence-electron chi connectivity index (χ1n) is 6.84. The third-order valence-corrected chi connectivity index (χ3v) is 4.57. The second kappa shape index (κ2) is 5.55. The molecular weight excluding hydrogens is 230 g/mol. The van der Waals surface area contributed by atoms with Crippen LogP contribution in [0, 0.1) is 5.92 Å². The summed E-state index contributed by atoms with van der Waals surface area (Å²) < 4.78 is 0. The van der Waals surface area contributed by atoms with Crippen molar-refractivity contribution in [2.45, 2.75) is 24.8 Å². The SMILES string of the molecule is CN1CCC(CN(C)C2(CC(=O)O)CNC2)CC1. The molecule has 104 valence electrons. The number of nitrogens with zero attached hydrogens (tertiary/aromatic N) is 2. The number of likely N-dealkylation sites (N-methyl/N-ethyl adjacent to an activating group) is 1. The van der Waals surface area contributed by atoms with Gasteiger partial charge in [-0.2, -0.15) is 0 Å². The number of carboxylic acid groups (broad SMARTS) is 1. The Kier molecular flexibility index (Phi) is 4.25. The third-order valence-electron chi connectivity index (χ3n) is 4.57. The fourth-order valence-electron chi connectivity index (χ4n) is 3.05. The van der Waals surface area contributed by atoms with Crippen molar-refractivity contribution in [1.29, 1.82) is 0 Å². The molecule has 0 aromatic heterocycles. The van der Waals surface area contributed by atoms with Gasteiger partial charge >= 0.3 is 5.97 Å². The van der Waals surface area contributed by atoms with Crippen molar-refractivity contribution in [2.75, 3.05) is 46.8 Å². The minimum Gasteiger partial charge on any atom is -0.481 e. The molecule has 0 aliphatic carbocycles. The monoisotopic (exact) mass is 255 g/mol. The Morgan fingerprint density at radius 3 is 2.50 bits per heavy atom. The molecule has 0 unspecified atom stereocenters. The number of aliphatic carboxylic acids is 1. The summed E-state index contributed by atoms with van der Waals surface area (Å²) >= 11 is 0. The van der Waals surface area contributed by atoms with Gasteiger partial charge in [-0.3, -0.25) is 9.69 Å². The van der Waals surface area contributed by atoms with Gasteiger partial charge in [0.15, 0.2) is 0 Å². The summed E-state index contributed by atoms with van der Waals surface area (Å²) in [7, 11) is 4.25. The number of rotatable bonds is 5. The zero-order valence-electron chi connectivity index (χ0n) is 11.5. The minimum absolute atomic E-state index is 0.144. The van der Waals surface area contributed by atoms with Crippen LogP contribution in [0.3, 0.4) is 0 Å². The van der Waals surface area contributed by atoms with E-state index in [1.807, 2.05) is 0 Å². The Morgan fingerprint density at radius 2 is 2.06 bits per heavy atom. The summed E-state index contributed by atoms with van der Waals surface area (Å²) in [5.41, 5.74) is -0.144. The van der Waals surface area contributed by atoms with E-state index in [1.54, 1.807) is 0 Å². The zero-order chi connectivity index (χ0) is 13.2. The molecule has 2 aliphatic rings. The van der Waals surface area contributed by atoms with Crippen LogP contribution in [0.25, 0.3) is 0 Å². The maximum absolute atomic E-state index is 11.0. The predicted molar refractivity (Wildman–Crippen MR) is 70.7 cm³/mol. The van der Waals surface area contributed by atoms with Crippen LogP contribution >= 0.6 is 0 Å². The highest BCUT2D eigenvalue weighted by Gasteiger charge is 2.43. The molecule has 0 aromatic carbocycles. The Hall–Kier alpha value is -0.650. The molecule has 0 atom stereocenters. The molecule has 0 saturated carbocycles. The van der Waals surface area contributed by atoms with Crippen LogP contribution in [-0.2, 0) is 4.79 Å². The van der Waals surface area contributed by atoms with Crippen LogP contribution < -0.4 is 5.32 Å². The summed E-state index contributed by atoms with van der Waals surface area (Å²) in [5.74, 6) is 0.0317. The molecular formula is C13H25N3O2. The van der Waals surface area contributed by atoms with Crippen LogP contribution in [0.2, 0.25) is 0 Å². The third kappa shape index (κ3) is 3.02. The normalized spacial score (nSPS) is 25.1. The van der Waals surface area contributed by atoms with Crippen molar-refractivity contribution in [3.8, 4) is 0 Å². The Morgan fingerprint density at radius 1 is 1.44 bits per heavy atom. The molecule has 2 N–H and O–H groups in total. The van der Waals surface area contributed by atoms with Gasteiger partial charge in [0.1, 0.15) is 0 Å². The lowest BCUT2D eigenvalue weighted by Crippen LogP contribution is -2.69. The van der Waals surface area contributed by atoms with Gasteiger partial charge in [0.05, 0.1) is 12.0 Å².